The number of hydrogen-bond donors (Lipinski definition) is 3. The summed E-state index contributed by atoms with van der Waals surface area (Å²) in [6, 6.07) is 16.6. The van der Waals surface area contributed by atoms with E-state index >= 15 is 0 Å². The Morgan fingerprint density at radius 1 is 0.935 bits per heavy atom. The van der Waals surface area contributed by atoms with Gasteiger partial charge in [-0.25, -0.2) is 14.4 Å². The monoisotopic (exact) mass is 423 g/mol. The molecule has 0 unspecified atom stereocenters. The minimum atomic E-state index is -1.26. The van der Waals surface area contributed by atoms with Crippen molar-refractivity contribution < 1.29 is 19.8 Å². The highest BCUT2D eigenvalue weighted by atomic mass is 16.4. The molecule has 3 N–H and O–H groups in total. The summed E-state index contributed by atoms with van der Waals surface area (Å²) in [5, 5.41) is 15.6. The van der Waals surface area contributed by atoms with Gasteiger partial charge in [0.2, 0.25) is 0 Å². The Bertz CT molecular complexity index is 1130. The Labute approximate surface area is 179 Å². The minimum Gasteiger partial charge on any atom is -0.478 e. The third-order valence-electron chi connectivity index (χ3n) is 5.12. The van der Waals surface area contributed by atoms with E-state index in [9.17, 15) is 14.4 Å². The Kier molecular flexibility index (Phi) is 7.40. The number of aryl methyl sites for hydroxylation is 1. The molecule has 31 heavy (non-hydrogen) atoms. The number of fused-ring (bicyclic) bond motifs is 2. The number of benzene rings is 2. The highest BCUT2D eigenvalue weighted by molar-refractivity contribution is 5.89. The van der Waals surface area contributed by atoms with Crippen molar-refractivity contribution in [3.63, 3.8) is 0 Å². The number of carboxylic acids is 2. The van der Waals surface area contributed by atoms with Crippen molar-refractivity contribution in [2.75, 3.05) is 13.1 Å². The third-order valence-corrected chi connectivity index (χ3v) is 5.12. The number of H-pyrrole nitrogens is 1. The number of rotatable bonds is 6. The lowest BCUT2D eigenvalue weighted by Crippen LogP contribution is -2.32. The molecule has 0 aliphatic carbocycles. The fraction of sp³-hybridized carbons (Fsp3) is 0.261. The summed E-state index contributed by atoms with van der Waals surface area (Å²) in [5.41, 5.74) is 4.85. The van der Waals surface area contributed by atoms with E-state index in [1.807, 2.05) is 28.8 Å². The van der Waals surface area contributed by atoms with Gasteiger partial charge in [-0.2, -0.15) is 0 Å². The normalized spacial score (nSPS) is 13.5. The maximum Gasteiger partial charge on any atom is 0.328 e. The van der Waals surface area contributed by atoms with Gasteiger partial charge in [0.15, 0.2) is 0 Å². The van der Waals surface area contributed by atoms with Crippen LogP contribution in [0.4, 0.5) is 0 Å². The van der Waals surface area contributed by atoms with Crippen LogP contribution in [0.15, 0.2) is 65.5 Å². The van der Waals surface area contributed by atoms with Crippen molar-refractivity contribution in [1.29, 1.82) is 0 Å². The number of hydrogen-bond acceptors (Lipinski definition) is 4. The van der Waals surface area contributed by atoms with E-state index in [2.05, 4.69) is 34.1 Å². The van der Waals surface area contributed by atoms with Crippen molar-refractivity contribution in [2.45, 2.75) is 25.9 Å². The molecule has 1 aromatic heterocycles. The average Bonchev–Trinajstić information content (AvgIpc) is 3.08. The van der Waals surface area contributed by atoms with Gasteiger partial charge in [0.25, 0.3) is 0 Å². The van der Waals surface area contributed by atoms with E-state index in [1.54, 1.807) is 0 Å². The average molecular weight is 423 g/mol. The maximum atomic E-state index is 12.1. The van der Waals surface area contributed by atoms with Crippen LogP contribution in [-0.2, 0) is 29.1 Å². The Balaban J connectivity index is 0.000000293. The second-order valence-electron chi connectivity index (χ2n) is 7.26. The molecular weight excluding hydrogens is 398 g/mol. The van der Waals surface area contributed by atoms with Crippen LogP contribution in [0.3, 0.4) is 0 Å². The van der Waals surface area contributed by atoms with Gasteiger partial charge in [0.05, 0.1) is 11.0 Å². The van der Waals surface area contributed by atoms with Gasteiger partial charge in [-0.3, -0.25) is 9.47 Å². The van der Waals surface area contributed by atoms with E-state index < -0.39 is 11.9 Å². The highest BCUT2D eigenvalue weighted by Crippen LogP contribution is 2.18. The van der Waals surface area contributed by atoms with Crippen LogP contribution in [0.2, 0.25) is 0 Å². The molecule has 1 aliphatic rings. The summed E-state index contributed by atoms with van der Waals surface area (Å²) < 4.78 is 1.85. The number of carbonyl (C=O) groups is 2. The summed E-state index contributed by atoms with van der Waals surface area (Å²) in [4.78, 5) is 36.6. The number of nitrogens with one attached hydrogen (secondary N) is 1. The second-order valence-corrected chi connectivity index (χ2v) is 7.26. The smallest absolute Gasteiger partial charge is 0.328 e. The third kappa shape index (κ3) is 6.16. The van der Waals surface area contributed by atoms with Crippen LogP contribution >= 0.6 is 0 Å². The standard InChI is InChI=1S/C19H21N3O.C4H4O4/c23-19-20-17-8-3-4-9-18(17)22(19)12-5-11-21-13-10-15-6-1-2-7-16(15)14-21;5-3(6)1-2-4(7)8/h1-4,6-9H,5,10-14H2,(H,20,23);1-2H,(H,5,6)(H,7,8)/b;2-1-. The molecule has 0 saturated heterocycles. The van der Waals surface area contributed by atoms with E-state index in [1.165, 1.54) is 11.1 Å². The molecule has 0 atom stereocenters. The van der Waals surface area contributed by atoms with Crippen LogP contribution in [0.5, 0.6) is 0 Å². The molecule has 162 valence electrons. The van der Waals surface area contributed by atoms with Gasteiger partial charge in [0, 0.05) is 38.3 Å². The van der Waals surface area contributed by atoms with Gasteiger partial charge in [-0.05, 0) is 36.1 Å². The van der Waals surface area contributed by atoms with Gasteiger partial charge < -0.3 is 15.2 Å². The van der Waals surface area contributed by atoms with E-state index in [4.69, 9.17) is 10.2 Å². The number of nitrogens with zero attached hydrogens (tertiary/aromatic N) is 2. The molecule has 0 saturated carbocycles. The quantitative estimate of drug-likeness (QED) is 0.525. The number of carboxylic acid groups (broad SMARTS) is 2. The van der Waals surface area contributed by atoms with Gasteiger partial charge in [0.1, 0.15) is 0 Å². The lowest BCUT2D eigenvalue weighted by Gasteiger charge is -2.28. The molecular formula is C23H25N3O5. The Morgan fingerprint density at radius 3 is 2.29 bits per heavy atom. The SMILES string of the molecule is O=C(O)/C=C\C(=O)O.O=c1[nH]c2ccccc2n1CCCN1CCc2ccccc2C1. The van der Waals surface area contributed by atoms with E-state index in [0.29, 0.717) is 12.2 Å². The molecule has 0 amide bonds. The van der Waals surface area contributed by atoms with Crippen LogP contribution in [-0.4, -0.2) is 49.7 Å². The Morgan fingerprint density at radius 2 is 1.58 bits per heavy atom. The topological polar surface area (TPSA) is 116 Å². The van der Waals surface area contributed by atoms with Gasteiger partial charge in [-0.15, -0.1) is 0 Å². The number of aromatic amines is 1. The van der Waals surface area contributed by atoms with E-state index in [-0.39, 0.29) is 5.69 Å². The molecule has 4 rings (SSSR count). The molecule has 3 aromatic rings. The molecule has 0 bridgehead atoms. The van der Waals surface area contributed by atoms with Crippen molar-refractivity contribution in [3.8, 4) is 0 Å². The summed E-state index contributed by atoms with van der Waals surface area (Å²) >= 11 is 0. The molecule has 2 heterocycles. The lowest BCUT2D eigenvalue weighted by molar-refractivity contribution is -0.134. The van der Waals surface area contributed by atoms with Crippen molar-refractivity contribution in [3.05, 3.63) is 82.3 Å². The van der Waals surface area contributed by atoms with Crippen LogP contribution in [0.1, 0.15) is 17.5 Å². The first-order valence-corrected chi connectivity index (χ1v) is 10.0. The fourth-order valence-electron chi connectivity index (χ4n) is 3.67. The minimum absolute atomic E-state index is 0.00445. The number of aliphatic carboxylic acids is 2. The predicted octanol–water partition coefficient (Wildman–Crippen LogP) is 2.49. The van der Waals surface area contributed by atoms with Crippen molar-refractivity contribution >= 4 is 23.0 Å². The lowest BCUT2D eigenvalue weighted by atomic mass is 10.00. The largest absolute Gasteiger partial charge is 0.478 e. The van der Waals surface area contributed by atoms with E-state index in [0.717, 1.165) is 50.1 Å². The molecule has 8 nitrogen and oxygen atoms in total. The second kappa shape index (κ2) is 10.4. The number of para-hydroxylation sites is 2. The Hall–Kier alpha value is -3.65. The van der Waals surface area contributed by atoms with Crippen LogP contribution < -0.4 is 5.69 Å². The number of aromatic nitrogens is 2. The first-order chi connectivity index (χ1) is 14.9. The predicted molar refractivity (Wildman–Crippen MR) is 117 cm³/mol. The first-order valence-electron chi connectivity index (χ1n) is 10.0. The zero-order chi connectivity index (χ0) is 22.2. The number of imidazole rings is 1. The summed E-state index contributed by atoms with van der Waals surface area (Å²) in [6.45, 7) is 3.93. The van der Waals surface area contributed by atoms with Crippen LogP contribution in [0.25, 0.3) is 11.0 Å². The van der Waals surface area contributed by atoms with Gasteiger partial charge in [-0.1, -0.05) is 36.4 Å². The molecule has 1 aliphatic heterocycles. The summed E-state index contributed by atoms with van der Waals surface area (Å²) in [5.74, 6) is -2.51. The molecule has 0 spiro atoms. The summed E-state index contributed by atoms with van der Waals surface area (Å²) in [6.07, 6.45) is 3.23. The molecule has 0 fully saturated rings. The molecule has 0 radical (unpaired) electrons. The highest BCUT2D eigenvalue weighted by Gasteiger charge is 2.15. The zero-order valence-corrected chi connectivity index (χ0v) is 17.0. The molecule has 2 aromatic carbocycles. The summed E-state index contributed by atoms with van der Waals surface area (Å²) in [7, 11) is 0. The van der Waals surface area contributed by atoms with Crippen LogP contribution in [0, 0.1) is 0 Å². The molecule has 8 heteroatoms. The maximum absolute atomic E-state index is 12.1. The van der Waals surface area contributed by atoms with Crippen molar-refractivity contribution in [1.82, 2.24) is 14.5 Å². The first kappa shape index (κ1) is 22.0. The van der Waals surface area contributed by atoms with Crippen molar-refractivity contribution in [2.24, 2.45) is 0 Å². The van der Waals surface area contributed by atoms with Gasteiger partial charge >= 0.3 is 17.6 Å². The fourth-order valence-corrected chi connectivity index (χ4v) is 3.67. The zero-order valence-electron chi connectivity index (χ0n) is 17.0.